The van der Waals surface area contributed by atoms with Gasteiger partial charge < -0.3 is 9.84 Å². The predicted octanol–water partition coefficient (Wildman–Crippen LogP) is 1.01. The van der Waals surface area contributed by atoms with Crippen LogP contribution in [-0.2, 0) is 4.74 Å². The van der Waals surface area contributed by atoms with Crippen molar-refractivity contribution >= 4 is 11.6 Å². The van der Waals surface area contributed by atoms with Crippen LogP contribution in [0.2, 0.25) is 0 Å². The van der Waals surface area contributed by atoms with E-state index in [1.165, 1.54) is 0 Å². The molecular weight excluding hydrogens is 140 g/mol. The number of halogens is 1. The largest absolute Gasteiger partial charge is 0.392 e. The van der Waals surface area contributed by atoms with Crippen LogP contribution < -0.4 is 0 Å². The van der Waals surface area contributed by atoms with Crippen LogP contribution in [0.25, 0.3) is 0 Å². The van der Waals surface area contributed by atoms with E-state index in [0.717, 1.165) is 12.8 Å². The van der Waals surface area contributed by atoms with E-state index in [4.69, 9.17) is 21.4 Å². The number of hydrogen-bond donors (Lipinski definition) is 1. The Morgan fingerprint density at radius 3 is 2.78 bits per heavy atom. The second-order valence-corrected chi connectivity index (χ2v) is 2.25. The third kappa shape index (κ3) is 6.09. The third-order valence-electron chi connectivity index (χ3n) is 1.06. The average Bonchev–Trinajstić information content (AvgIpc) is 1.89. The molecule has 0 aliphatic rings. The molecule has 0 fully saturated rings. The Kier molecular flexibility index (Phi) is 6.48. The molecule has 0 saturated carbocycles. The summed E-state index contributed by atoms with van der Waals surface area (Å²) < 4.78 is 4.78. The van der Waals surface area contributed by atoms with E-state index in [0.29, 0.717) is 12.5 Å². The number of aliphatic hydroxyl groups is 1. The van der Waals surface area contributed by atoms with E-state index >= 15 is 0 Å². The third-order valence-corrected chi connectivity index (χ3v) is 1.42. The molecule has 0 aromatic heterocycles. The Hall–Kier alpha value is 0.210. The molecule has 0 amide bonds. The van der Waals surface area contributed by atoms with Gasteiger partial charge in [-0.25, -0.2) is 0 Å². The maximum Gasteiger partial charge on any atom is 0.0676 e. The summed E-state index contributed by atoms with van der Waals surface area (Å²) in [5.74, 6) is 0.323. The van der Waals surface area contributed by atoms with Gasteiger partial charge in [-0.3, -0.25) is 0 Å². The maximum absolute atomic E-state index is 8.90. The predicted molar refractivity (Wildman–Crippen MR) is 37.8 cm³/mol. The van der Waals surface area contributed by atoms with E-state index in [9.17, 15) is 0 Å². The van der Waals surface area contributed by atoms with Crippen LogP contribution in [-0.4, -0.2) is 30.8 Å². The summed E-state index contributed by atoms with van der Waals surface area (Å²) in [5.41, 5.74) is 0. The van der Waals surface area contributed by atoms with E-state index < -0.39 is 0 Å². The number of aliphatic hydroxyl groups excluding tert-OH is 1. The topological polar surface area (TPSA) is 29.5 Å². The number of alkyl halides is 1. The van der Waals surface area contributed by atoms with Gasteiger partial charge >= 0.3 is 0 Å². The second-order valence-electron chi connectivity index (χ2n) is 1.94. The van der Waals surface area contributed by atoms with Crippen LogP contribution in [0.15, 0.2) is 0 Å². The fourth-order valence-corrected chi connectivity index (χ4v) is 0.695. The van der Waals surface area contributed by atoms with Crippen LogP contribution in [0, 0.1) is 0 Å². The summed E-state index contributed by atoms with van der Waals surface area (Å²) in [7, 11) is 1.65. The number of methoxy groups -OCH3 is 1. The van der Waals surface area contributed by atoms with Gasteiger partial charge in [0.25, 0.3) is 0 Å². The van der Waals surface area contributed by atoms with Gasteiger partial charge in [-0.1, -0.05) is 0 Å². The first kappa shape index (κ1) is 9.21. The van der Waals surface area contributed by atoms with E-state index in [1.807, 2.05) is 0 Å². The highest BCUT2D eigenvalue weighted by molar-refractivity contribution is 6.18. The molecule has 2 nitrogen and oxygen atoms in total. The van der Waals surface area contributed by atoms with Gasteiger partial charge in [-0.15, -0.1) is 11.6 Å². The van der Waals surface area contributed by atoms with Crippen LogP contribution in [0.4, 0.5) is 0 Å². The fourth-order valence-electron chi connectivity index (χ4n) is 0.540. The van der Waals surface area contributed by atoms with Gasteiger partial charge in [-0.05, 0) is 12.8 Å². The standard InChI is InChI=1S/C6H13ClO2/c1-9-4-2-3-6(8)5-7/h6,8H,2-5H2,1H3. The van der Waals surface area contributed by atoms with Crippen molar-refractivity contribution in [2.75, 3.05) is 19.6 Å². The molecule has 0 saturated heterocycles. The number of hydrogen-bond acceptors (Lipinski definition) is 2. The van der Waals surface area contributed by atoms with Crippen molar-refractivity contribution in [2.24, 2.45) is 0 Å². The monoisotopic (exact) mass is 152 g/mol. The van der Waals surface area contributed by atoms with Crippen LogP contribution in [0.5, 0.6) is 0 Å². The molecule has 0 aromatic carbocycles. The first-order valence-electron chi connectivity index (χ1n) is 3.04. The van der Waals surface area contributed by atoms with Crippen molar-refractivity contribution in [1.82, 2.24) is 0 Å². The highest BCUT2D eigenvalue weighted by atomic mass is 35.5. The van der Waals surface area contributed by atoms with E-state index in [1.54, 1.807) is 7.11 Å². The number of ether oxygens (including phenoxy) is 1. The molecule has 1 unspecified atom stereocenters. The molecule has 0 rings (SSSR count). The first-order valence-corrected chi connectivity index (χ1v) is 3.57. The quantitative estimate of drug-likeness (QED) is 0.471. The van der Waals surface area contributed by atoms with Crippen LogP contribution in [0.1, 0.15) is 12.8 Å². The molecule has 0 aliphatic heterocycles. The normalized spacial score (nSPS) is 13.7. The molecular formula is C6H13ClO2. The van der Waals surface area contributed by atoms with E-state index in [-0.39, 0.29) is 6.10 Å². The summed E-state index contributed by atoms with van der Waals surface area (Å²) in [5, 5.41) is 8.90. The maximum atomic E-state index is 8.90. The van der Waals surface area contributed by atoms with Gasteiger partial charge in [0.05, 0.1) is 6.10 Å². The zero-order chi connectivity index (χ0) is 7.11. The lowest BCUT2D eigenvalue weighted by Gasteiger charge is -2.03. The molecule has 0 bridgehead atoms. The zero-order valence-corrected chi connectivity index (χ0v) is 6.40. The highest BCUT2D eigenvalue weighted by Crippen LogP contribution is 1.98. The van der Waals surface area contributed by atoms with Gasteiger partial charge in [0.1, 0.15) is 0 Å². The van der Waals surface area contributed by atoms with Gasteiger partial charge in [0.15, 0.2) is 0 Å². The lowest BCUT2D eigenvalue weighted by molar-refractivity contribution is 0.149. The Bertz CT molecular complexity index is 59.0. The summed E-state index contributed by atoms with van der Waals surface area (Å²) in [4.78, 5) is 0. The fraction of sp³-hybridized carbons (Fsp3) is 1.00. The Labute approximate surface area is 60.8 Å². The second kappa shape index (κ2) is 6.33. The minimum atomic E-state index is -0.359. The molecule has 0 aromatic rings. The molecule has 9 heavy (non-hydrogen) atoms. The molecule has 0 spiro atoms. The minimum Gasteiger partial charge on any atom is -0.392 e. The molecule has 0 aliphatic carbocycles. The number of rotatable bonds is 5. The van der Waals surface area contributed by atoms with Crippen molar-refractivity contribution < 1.29 is 9.84 Å². The van der Waals surface area contributed by atoms with Crippen LogP contribution in [0.3, 0.4) is 0 Å². The summed E-state index contributed by atoms with van der Waals surface area (Å²) in [6.45, 7) is 0.702. The van der Waals surface area contributed by atoms with Gasteiger partial charge in [0, 0.05) is 19.6 Å². The van der Waals surface area contributed by atoms with Crippen molar-refractivity contribution in [3.8, 4) is 0 Å². The van der Waals surface area contributed by atoms with E-state index in [2.05, 4.69) is 0 Å². The lowest BCUT2D eigenvalue weighted by atomic mass is 10.2. The molecule has 1 N–H and O–H groups in total. The smallest absolute Gasteiger partial charge is 0.0676 e. The highest BCUT2D eigenvalue weighted by Gasteiger charge is 1.99. The SMILES string of the molecule is COCCCC(O)CCl. The molecule has 1 atom stereocenters. The zero-order valence-electron chi connectivity index (χ0n) is 5.64. The van der Waals surface area contributed by atoms with Crippen LogP contribution >= 0.6 is 11.6 Å². The molecule has 56 valence electrons. The van der Waals surface area contributed by atoms with Gasteiger partial charge in [0.2, 0.25) is 0 Å². The van der Waals surface area contributed by atoms with Gasteiger partial charge in [-0.2, -0.15) is 0 Å². The molecule has 0 heterocycles. The van der Waals surface area contributed by atoms with Crippen molar-refractivity contribution in [3.05, 3.63) is 0 Å². The first-order chi connectivity index (χ1) is 4.31. The lowest BCUT2D eigenvalue weighted by Crippen LogP contribution is -2.08. The Morgan fingerprint density at radius 1 is 1.67 bits per heavy atom. The summed E-state index contributed by atoms with van der Waals surface area (Å²) in [6, 6.07) is 0. The minimum absolute atomic E-state index is 0.323. The average molecular weight is 153 g/mol. The Balaban J connectivity index is 2.88. The Morgan fingerprint density at radius 2 is 2.33 bits per heavy atom. The molecule has 0 radical (unpaired) electrons. The summed E-state index contributed by atoms with van der Waals surface area (Å²) in [6.07, 6.45) is 1.25. The van der Waals surface area contributed by atoms with Crippen molar-refractivity contribution in [3.63, 3.8) is 0 Å². The van der Waals surface area contributed by atoms with Crippen molar-refractivity contribution in [1.29, 1.82) is 0 Å². The van der Waals surface area contributed by atoms with Crippen molar-refractivity contribution in [2.45, 2.75) is 18.9 Å². The molecule has 3 heteroatoms. The summed E-state index contributed by atoms with van der Waals surface area (Å²) >= 11 is 5.34.